The van der Waals surface area contributed by atoms with Gasteiger partial charge in [0.2, 0.25) is 5.03 Å². The third kappa shape index (κ3) is 3.68. The lowest BCUT2D eigenvalue weighted by atomic mass is 10.3. The largest absolute Gasteiger partial charge is 0.324 e. The van der Waals surface area contributed by atoms with Crippen LogP contribution in [0.5, 0.6) is 0 Å². The first-order valence-electron chi connectivity index (χ1n) is 5.62. The average molecular weight is 295 g/mol. The van der Waals surface area contributed by atoms with Gasteiger partial charge in [-0.2, -0.15) is 0 Å². The molecule has 1 aromatic heterocycles. The molecule has 0 saturated heterocycles. The minimum atomic E-state index is -3.63. The summed E-state index contributed by atoms with van der Waals surface area (Å²) in [6.07, 6.45) is 1.37. The zero-order chi connectivity index (χ0) is 13.9. The summed E-state index contributed by atoms with van der Waals surface area (Å²) < 4.78 is 27.8. The van der Waals surface area contributed by atoms with Gasteiger partial charge in [0.1, 0.15) is 5.15 Å². The van der Waals surface area contributed by atoms with E-state index in [0.717, 1.165) is 0 Å². The average Bonchev–Trinajstić information content (AvgIpc) is 2.59. The molecule has 1 rings (SSSR count). The highest BCUT2D eigenvalue weighted by atomic mass is 35.5. The summed E-state index contributed by atoms with van der Waals surface area (Å²) in [6, 6.07) is 0.368. The molecule has 8 heteroatoms. The first-order chi connectivity index (χ1) is 8.25. The fourth-order valence-corrected chi connectivity index (χ4v) is 2.70. The number of aromatic nitrogens is 2. The Morgan fingerprint density at radius 2 is 2.17 bits per heavy atom. The Hall–Kier alpha value is -0.630. The van der Waals surface area contributed by atoms with Crippen LogP contribution in [0.1, 0.15) is 13.8 Å². The van der Waals surface area contributed by atoms with Gasteiger partial charge >= 0.3 is 0 Å². The molecule has 6 nitrogen and oxygen atoms in total. The van der Waals surface area contributed by atoms with Gasteiger partial charge in [-0.1, -0.05) is 11.6 Å². The van der Waals surface area contributed by atoms with Crippen LogP contribution < -0.4 is 4.72 Å². The number of nitrogens with zero attached hydrogens (tertiary/aromatic N) is 3. The monoisotopic (exact) mass is 294 g/mol. The predicted molar refractivity (Wildman–Crippen MR) is 71.2 cm³/mol. The lowest BCUT2D eigenvalue weighted by Gasteiger charge is -2.20. The maximum absolute atomic E-state index is 11.9. The summed E-state index contributed by atoms with van der Waals surface area (Å²) in [5.41, 5.74) is 0. The SMILES string of the molecule is CC(C)N(C)CCNS(=O)(=O)c1ncn(C)c1Cl. The van der Waals surface area contributed by atoms with Crippen molar-refractivity contribution in [2.24, 2.45) is 7.05 Å². The second kappa shape index (κ2) is 6.01. The second-order valence-electron chi connectivity index (χ2n) is 4.42. The van der Waals surface area contributed by atoms with E-state index in [9.17, 15) is 8.42 Å². The van der Waals surface area contributed by atoms with Gasteiger partial charge in [-0.25, -0.2) is 18.1 Å². The van der Waals surface area contributed by atoms with Crippen molar-refractivity contribution in [1.29, 1.82) is 0 Å². The number of rotatable bonds is 6. The highest BCUT2D eigenvalue weighted by molar-refractivity contribution is 7.89. The molecule has 0 fully saturated rings. The number of aryl methyl sites for hydroxylation is 1. The maximum atomic E-state index is 11.9. The van der Waals surface area contributed by atoms with Crippen LogP contribution in [0.3, 0.4) is 0 Å². The summed E-state index contributed by atoms with van der Waals surface area (Å²) >= 11 is 5.86. The molecule has 0 bridgehead atoms. The zero-order valence-corrected chi connectivity index (χ0v) is 12.6. The van der Waals surface area contributed by atoms with E-state index in [1.165, 1.54) is 10.9 Å². The number of hydrogen-bond acceptors (Lipinski definition) is 4. The molecule has 0 aromatic carbocycles. The van der Waals surface area contributed by atoms with Crippen LogP contribution in [-0.2, 0) is 17.1 Å². The Kier molecular flexibility index (Phi) is 5.15. The van der Waals surface area contributed by atoms with Crippen LogP contribution in [0, 0.1) is 0 Å². The van der Waals surface area contributed by atoms with E-state index in [-0.39, 0.29) is 10.2 Å². The van der Waals surface area contributed by atoms with Gasteiger partial charge in [-0.3, -0.25) is 0 Å². The molecule has 18 heavy (non-hydrogen) atoms. The molecule has 0 spiro atoms. The number of hydrogen-bond donors (Lipinski definition) is 1. The Morgan fingerprint density at radius 3 is 2.61 bits per heavy atom. The number of halogens is 1. The minimum Gasteiger partial charge on any atom is -0.324 e. The quantitative estimate of drug-likeness (QED) is 0.838. The number of imidazole rings is 1. The van der Waals surface area contributed by atoms with Crippen molar-refractivity contribution in [3.8, 4) is 0 Å². The normalized spacial score (nSPS) is 12.6. The van der Waals surface area contributed by atoms with E-state index >= 15 is 0 Å². The van der Waals surface area contributed by atoms with Crippen molar-refractivity contribution in [3.63, 3.8) is 0 Å². The number of likely N-dealkylation sites (N-methyl/N-ethyl adjacent to an activating group) is 1. The predicted octanol–water partition coefficient (Wildman–Crippen LogP) is 0.692. The van der Waals surface area contributed by atoms with Gasteiger partial charge in [0, 0.05) is 26.2 Å². The van der Waals surface area contributed by atoms with Crippen LogP contribution in [0.25, 0.3) is 0 Å². The van der Waals surface area contributed by atoms with Gasteiger partial charge in [-0.05, 0) is 20.9 Å². The summed E-state index contributed by atoms with van der Waals surface area (Å²) in [5, 5.41) is -0.0152. The fraction of sp³-hybridized carbons (Fsp3) is 0.700. The van der Waals surface area contributed by atoms with E-state index < -0.39 is 10.0 Å². The molecular weight excluding hydrogens is 276 g/mol. The molecule has 0 aliphatic carbocycles. The summed E-state index contributed by atoms with van der Waals surface area (Å²) in [4.78, 5) is 5.83. The fourth-order valence-electron chi connectivity index (χ4n) is 1.26. The van der Waals surface area contributed by atoms with Crippen molar-refractivity contribution < 1.29 is 8.42 Å². The van der Waals surface area contributed by atoms with Gasteiger partial charge in [-0.15, -0.1) is 0 Å². The van der Waals surface area contributed by atoms with Crippen LogP contribution >= 0.6 is 11.6 Å². The minimum absolute atomic E-state index is 0.111. The van der Waals surface area contributed by atoms with Crippen molar-refractivity contribution in [1.82, 2.24) is 19.2 Å². The van der Waals surface area contributed by atoms with Gasteiger partial charge in [0.15, 0.2) is 0 Å². The summed E-state index contributed by atoms with van der Waals surface area (Å²) in [6.45, 7) is 5.04. The van der Waals surface area contributed by atoms with Crippen LogP contribution in [0.2, 0.25) is 5.15 Å². The molecular formula is C10H19ClN4O2S. The molecule has 0 radical (unpaired) electrons. The second-order valence-corrected chi connectivity index (χ2v) is 6.46. The van der Waals surface area contributed by atoms with Crippen LogP contribution in [-0.4, -0.2) is 49.0 Å². The maximum Gasteiger partial charge on any atom is 0.261 e. The van der Waals surface area contributed by atoms with E-state index in [4.69, 9.17) is 11.6 Å². The molecule has 1 N–H and O–H groups in total. The molecule has 0 aliphatic heterocycles. The van der Waals surface area contributed by atoms with E-state index in [2.05, 4.69) is 9.71 Å². The zero-order valence-electron chi connectivity index (χ0n) is 11.0. The van der Waals surface area contributed by atoms with Crippen molar-refractivity contribution in [2.75, 3.05) is 20.1 Å². The van der Waals surface area contributed by atoms with Crippen LogP contribution in [0.15, 0.2) is 11.4 Å². The third-order valence-corrected chi connectivity index (χ3v) is 4.68. The van der Waals surface area contributed by atoms with Gasteiger partial charge < -0.3 is 9.47 Å². The highest BCUT2D eigenvalue weighted by Gasteiger charge is 2.21. The smallest absolute Gasteiger partial charge is 0.261 e. The molecule has 0 amide bonds. The number of nitrogens with one attached hydrogen (secondary N) is 1. The standard InChI is InChI=1S/C10H19ClN4O2S/c1-8(2)14(3)6-5-13-18(16,17)10-9(11)15(4)7-12-10/h7-8,13H,5-6H2,1-4H3. The molecule has 1 heterocycles. The lowest BCUT2D eigenvalue weighted by Crippen LogP contribution is -2.36. The number of sulfonamides is 1. The molecule has 104 valence electrons. The summed E-state index contributed by atoms with van der Waals surface area (Å²) in [7, 11) is -0.0551. The Balaban J connectivity index is 2.64. The van der Waals surface area contributed by atoms with Gasteiger partial charge in [0.25, 0.3) is 10.0 Å². The summed E-state index contributed by atoms with van der Waals surface area (Å²) in [5.74, 6) is 0. The van der Waals surface area contributed by atoms with E-state index in [1.807, 2.05) is 25.8 Å². The van der Waals surface area contributed by atoms with E-state index in [0.29, 0.717) is 19.1 Å². The topological polar surface area (TPSA) is 67.2 Å². The molecule has 0 aliphatic rings. The molecule has 0 atom stereocenters. The molecule has 0 unspecified atom stereocenters. The van der Waals surface area contributed by atoms with Gasteiger partial charge in [0.05, 0.1) is 6.33 Å². The van der Waals surface area contributed by atoms with Crippen molar-refractivity contribution in [3.05, 3.63) is 11.5 Å². The first-order valence-corrected chi connectivity index (χ1v) is 7.48. The van der Waals surface area contributed by atoms with Crippen molar-refractivity contribution in [2.45, 2.75) is 24.9 Å². The van der Waals surface area contributed by atoms with Crippen LogP contribution in [0.4, 0.5) is 0 Å². The Morgan fingerprint density at radius 1 is 1.56 bits per heavy atom. The first kappa shape index (κ1) is 15.4. The Labute approximate surface area is 113 Å². The van der Waals surface area contributed by atoms with Crippen molar-refractivity contribution >= 4 is 21.6 Å². The molecule has 1 aromatic rings. The lowest BCUT2D eigenvalue weighted by molar-refractivity contribution is 0.278. The molecule has 0 saturated carbocycles. The Bertz CT molecular complexity index is 498. The van der Waals surface area contributed by atoms with E-state index in [1.54, 1.807) is 7.05 Å². The third-order valence-electron chi connectivity index (χ3n) is 2.73. The highest BCUT2D eigenvalue weighted by Crippen LogP contribution is 2.17.